The highest BCUT2D eigenvalue weighted by Crippen LogP contribution is 2.21. The third kappa shape index (κ3) is 3.47. The van der Waals surface area contributed by atoms with Crippen molar-refractivity contribution in [1.29, 1.82) is 0 Å². The van der Waals surface area contributed by atoms with Crippen molar-refractivity contribution in [2.75, 3.05) is 13.2 Å². The molecule has 94 valence electrons. The van der Waals surface area contributed by atoms with E-state index in [1.807, 2.05) is 0 Å². The van der Waals surface area contributed by atoms with Crippen LogP contribution < -0.4 is 10.1 Å². The summed E-state index contributed by atoms with van der Waals surface area (Å²) in [7, 11) is 0. The molecular weight excluding hydrogens is 210 g/mol. The highest BCUT2D eigenvalue weighted by Gasteiger charge is 2.14. The van der Waals surface area contributed by atoms with E-state index in [1.165, 1.54) is 24.8 Å². The summed E-state index contributed by atoms with van der Waals surface area (Å²) in [5.41, 5.74) is 1.40. The standard InChI is InChI=1S/C15H23NO/c1-3-12(2)13-6-8-15(9-7-13)17-11-14-5-4-10-16-14/h6-9,12,14,16H,3-5,10-11H2,1-2H3. The zero-order valence-electron chi connectivity index (χ0n) is 10.9. The van der Waals surface area contributed by atoms with Crippen LogP contribution in [0.15, 0.2) is 24.3 Å². The SMILES string of the molecule is CCC(C)c1ccc(OCC2CCCN2)cc1. The van der Waals surface area contributed by atoms with Crippen LogP contribution in [-0.2, 0) is 0 Å². The second kappa shape index (κ2) is 6.06. The summed E-state index contributed by atoms with van der Waals surface area (Å²) in [5, 5.41) is 3.44. The lowest BCUT2D eigenvalue weighted by molar-refractivity contribution is 0.277. The lowest BCUT2D eigenvalue weighted by Gasteiger charge is -2.13. The molecule has 0 amide bonds. The predicted octanol–water partition coefficient (Wildman–Crippen LogP) is 3.33. The molecule has 1 aromatic rings. The number of benzene rings is 1. The molecule has 1 aliphatic heterocycles. The van der Waals surface area contributed by atoms with Crippen molar-refractivity contribution in [3.63, 3.8) is 0 Å². The van der Waals surface area contributed by atoms with E-state index in [1.54, 1.807) is 0 Å². The summed E-state index contributed by atoms with van der Waals surface area (Å²) in [5.74, 6) is 1.63. The Morgan fingerprint density at radius 1 is 1.35 bits per heavy atom. The Kier molecular flexibility index (Phi) is 4.43. The minimum Gasteiger partial charge on any atom is -0.492 e. The van der Waals surface area contributed by atoms with Gasteiger partial charge in [0.2, 0.25) is 0 Å². The van der Waals surface area contributed by atoms with Crippen LogP contribution in [0.1, 0.15) is 44.6 Å². The van der Waals surface area contributed by atoms with Crippen molar-refractivity contribution < 1.29 is 4.74 Å². The quantitative estimate of drug-likeness (QED) is 0.842. The lowest BCUT2D eigenvalue weighted by Crippen LogP contribution is -2.28. The zero-order valence-corrected chi connectivity index (χ0v) is 10.9. The first-order chi connectivity index (χ1) is 8.29. The van der Waals surface area contributed by atoms with Gasteiger partial charge in [0, 0.05) is 6.04 Å². The number of hydrogen-bond acceptors (Lipinski definition) is 2. The molecule has 1 saturated heterocycles. The van der Waals surface area contributed by atoms with Crippen molar-refractivity contribution in [3.05, 3.63) is 29.8 Å². The molecule has 2 nitrogen and oxygen atoms in total. The fourth-order valence-corrected chi connectivity index (χ4v) is 2.22. The largest absolute Gasteiger partial charge is 0.492 e. The van der Waals surface area contributed by atoms with E-state index in [0.717, 1.165) is 18.9 Å². The number of ether oxygens (including phenoxy) is 1. The molecule has 1 heterocycles. The van der Waals surface area contributed by atoms with Crippen molar-refractivity contribution in [2.24, 2.45) is 0 Å². The van der Waals surface area contributed by atoms with Crippen LogP contribution in [0.2, 0.25) is 0 Å². The molecule has 2 rings (SSSR count). The fourth-order valence-electron chi connectivity index (χ4n) is 2.22. The Balaban J connectivity index is 1.84. The second-order valence-electron chi connectivity index (χ2n) is 4.98. The van der Waals surface area contributed by atoms with Gasteiger partial charge in [-0.05, 0) is 49.4 Å². The highest BCUT2D eigenvalue weighted by molar-refractivity contribution is 5.29. The van der Waals surface area contributed by atoms with E-state index in [2.05, 4.69) is 43.4 Å². The van der Waals surface area contributed by atoms with Gasteiger partial charge in [-0.2, -0.15) is 0 Å². The summed E-state index contributed by atoms with van der Waals surface area (Å²) in [6.07, 6.45) is 3.71. The predicted molar refractivity (Wildman–Crippen MR) is 71.7 cm³/mol. The van der Waals surface area contributed by atoms with Gasteiger partial charge < -0.3 is 10.1 Å². The maximum atomic E-state index is 5.80. The van der Waals surface area contributed by atoms with Gasteiger partial charge in [-0.25, -0.2) is 0 Å². The molecule has 1 N–H and O–H groups in total. The summed E-state index contributed by atoms with van der Waals surface area (Å²) < 4.78 is 5.80. The van der Waals surface area contributed by atoms with Crippen LogP contribution in [-0.4, -0.2) is 19.2 Å². The van der Waals surface area contributed by atoms with Gasteiger partial charge in [-0.15, -0.1) is 0 Å². The first-order valence-electron chi connectivity index (χ1n) is 6.75. The Labute approximate surface area is 104 Å². The molecule has 1 fully saturated rings. The van der Waals surface area contributed by atoms with E-state index in [9.17, 15) is 0 Å². The van der Waals surface area contributed by atoms with Crippen molar-refractivity contribution in [2.45, 2.75) is 45.1 Å². The normalized spacial score (nSPS) is 21.4. The van der Waals surface area contributed by atoms with E-state index >= 15 is 0 Å². The first-order valence-corrected chi connectivity index (χ1v) is 6.75. The molecular formula is C15H23NO. The average molecular weight is 233 g/mol. The van der Waals surface area contributed by atoms with Crippen molar-refractivity contribution in [3.8, 4) is 5.75 Å². The summed E-state index contributed by atoms with van der Waals surface area (Å²) in [6.45, 7) is 6.42. The van der Waals surface area contributed by atoms with E-state index in [4.69, 9.17) is 4.74 Å². The van der Waals surface area contributed by atoms with Crippen LogP contribution >= 0.6 is 0 Å². The minimum absolute atomic E-state index is 0.546. The molecule has 1 aliphatic rings. The Bertz CT molecular complexity index is 327. The zero-order chi connectivity index (χ0) is 12.1. The van der Waals surface area contributed by atoms with E-state index < -0.39 is 0 Å². The average Bonchev–Trinajstić information content (AvgIpc) is 2.89. The number of hydrogen-bond donors (Lipinski definition) is 1. The number of nitrogens with one attached hydrogen (secondary N) is 1. The molecule has 0 radical (unpaired) electrons. The number of rotatable bonds is 5. The van der Waals surface area contributed by atoms with E-state index in [-0.39, 0.29) is 0 Å². The van der Waals surface area contributed by atoms with Gasteiger partial charge in [0.15, 0.2) is 0 Å². The summed E-state index contributed by atoms with van der Waals surface area (Å²) >= 11 is 0. The van der Waals surface area contributed by atoms with E-state index in [0.29, 0.717) is 12.0 Å². The van der Waals surface area contributed by atoms with Gasteiger partial charge in [0.25, 0.3) is 0 Å². The summed E-state index contributed by atoms with van der Waals surface area (Å²) in [4.78, 5) is 0. The summed E-state index contributed by atoms with van der Waals surface area (Å²) in [6, 6.07) is 9.11. The van der Waals surface area contributed by atoms with Crippen LogP contribution in [0.3, 0.4) is 0 Å². The molecule has 1 aromatic carbocycles. The van der Waals surface area contributed by atoms with Crippen LogP contribution in [0.5, 0.6) is 5.75 Å². The topological polar surface area (TPSA) is 21.3 Å². The minimum atomic E-state index is 0.546. The Morgan fingerprint density at radius 2 is 2.12 bits per heavy atom. The molecule has 0 aromatic heterocycles. The molecule has 2 heteroatoms. The third-order valence-electron chi connectivity index (χ3n) is 3.68. The van der Waals surface area contributed by atoms with Crippen molar-refractivity contribution in [1.82, 2.24) is 5.32 Å². The van der Waals surface area contributed by atoms with Crippen molar-refractivity contribution >= 4 is 0 Å². The molecule has 0 aliphatic carbocycles. The van der Waals surface area contributed by atoms with Gasteiger partial charge >= 0.3 is 0 Å². The van der Waals surface area contributed by atoms with Gasteiger partial charge in [0.1, 0.15) is 12.4 Å². The van der Waals surface area contributed by atoms with Crippen LogP contribution in [0, 0.1) is 0 Å². The monoisotopic (exact) mass is 233 g/mol. The fraction of sp³-hybridized carbons (Fsp3) is 0.600. The molecule has 2 atom stereocenters. The smallest absolute Gasteiger partial charge is 0.119 e. The highest BCUT2D eigenvalue weighted by atomic mass is 16.5. The van der Waals surface area contributed by atoms with Gasteiger partial charge in [-0.1, -0.05) is 26.0 Å². The molecule has 0 saturated carbocycles. The Morgan fingerprint density at radius 3 is 2.71 bits per heavy atom. The van der Waals surface area contributed by atoms with Crippen LogP contribution in [0.25, 0.3) is 0 Å². The van der Waals surface area contributed by atoms with Gasteiger partial charge in [0.05, 0.1) is 0 Å². The molecule has 17 heavy (non-hydrogen) atoms. The Hall–Kier alpha value is -1.02. The molecule has 0 bridgehead atoms. The first kappa shape index (κ1) is 12.4. The maximum absolute atomic E-state index is 5.80. The molecule has 2 unspecified atom stereocenters. The third-order valence-corrected chi connectivity index (χ3v) is 3.68. The van der Waals surface area contributed by atoms with Crippen LogP contribution in [0.4, 0.5) is 0 Å². The van der Waals surface area contributed by atoms with Gasteiger partial charge in [-0.3, -0.25) is 0 Å². The molecule has 0 spiro atoms. The second-order valence-corrected chi connectivity index (χ2v) is 4.98. The maximum Gasteiger partial charge on any atom is 0.119 e. The lowest BCUT2D eigenvalue weighted by atomic mass is 9.99.